The van der Waals surface area contributed by atoms with E-state index in [0.29, 0.717) is 12.1 Å². The summed E-state index contributed by atoms with van der Waals surface area (Å²) in [7, 11) is 0. The minimum Gasteiger partial charge on any atom is -0.325 e. The number of piperidine rings is 1. The van der Waals surface area contributed by atoms with Crippen molar-refractivity contribution in [2.75, 3.05) is 32.7 Å². The summed E-state index contributed by atoms with van der Waals surface area (Å²) in [5.41, 5.74) is 3.05. The second-order valence-corrected chi connectivity index (χ2v) is 9.66. The van der Waals surface area contributed by atoms with E-state index in [2.05, 4.69) is 55.8 Å². The number of rotatable bonds is 4. The van der Waals surface area contributed by atoms with Crippen LogP contribution in [0.1, 0.15) is 56.6 Å². The minimum absolute atomic E-state index is 0.287. The number of benzene rings is 1. The molecule has 2 aliphatic heterocycles. The lowest BCUT2D eigenvalue weighted by molar-refractivity contribution is 0.0693. The highest BCUT2D eigenvalue weighted by Gasteiger charge is 2.33. The summed E-state index contributed by atoms with van der Waals surface area (Å²) in [6.45, 7) is 7.24. The van der Waals surface area contributed by atoms with Gasteiger partial charge in [-0.25, -0.2) is 4.79 Å². The molecular weight excluding hydrogens is 414 g/mol. The van der Waals surface area contributed by atoms with Crippen LogP contribution in [-0.4, -0.2) is 65.5 Å². The first kappa shape index (κ1) is 20.2. The molecule has 1 aromatic carbocycles. The summed E-state index contributed by atoms with van der Waals surface area (Å²) in [6.07, 6.45) is 9.43. The first-order valence-corrected chi connectivity index (χ1v) is 12.0. The van der Waals surface area contributed by atoms with Crippen LogP contribution >= 0.6 is 15.9 Å². The molecule has 0 radical (unpaired) electrons. The molecule has 5 heteroatoms. The van der Waals surface area contributed by atoms with E-state index >= 15 is 0 Å². The number of fused-ring (bicyclic) bond motifs is 1. The monoisotopic (exact) mass is 447 g/mol. The molecule has 0 N–H and O–H groups in total. The number of carbonyl (C=O) groups excluding carboxylic acids is 1. The summed E-state index contributed by atoms with van der Waals surface area (Å²) < 4.78 is 1.20. The molecular formula is C23H34BrN3O. The maximum absolute atomic E-state index is 12.7. The SMILES string of the molecule is CCCN(C1CCN(C(=O)N2CCCC2)CC1)C1CCc2ccc(Br)cc2C1. The van der Waals surface area contributed by atoms with E-state index < -0.39 is 0 Å². The Labute approximate surface area is 178 Å². The van der Waals surface area contributed by atoms with E-state index in [9.17, 15) is 4.79 Å². The fourth-order valence-electron chi connectivity index (χ4n) is 5.41. The Morgan fingerprint density at radius 1 is 1.04 bits per heavy atom. The molecule has 2 saturated heterocycles. The maximum Gasteiger partial charge on any atom is 0.319 e. The number of amides is 2. The molecule has 154 valence electrons. The van der Waals surface area contributed by atoms with Gasteiger partial charge in [-0.3, -0.25) is 4.90 Å². The number of likely N-dealkylation sites (tertiary alicyclic amines) is 2. The van der Waals surface area contributed by atoms with Crippen molar-refractivity contribution >= 4 is 22.0 Å². The smallest absolute Gasteiger partial charge is 0.319 e. The van der Waals surface area contributed by atoms with Crippen LogP contribution < -0.4 is 0 Å². The molecule has 2 amide bonds. The summed E-state index contributed by atoms with van der Waals surface area (Å²) in [4.78, 5) is 19.7. The van der Waals surface area contributed by atoms with Crippen LogP contribution in [-0.2, 0) is 12.8 Å². The van der Waals surface area contributed by atoms with Gasteiger partial charge < -0.3 is 9.80 Å². The largest absolute Gasteiger partial charge is 0.325 e. The Hall–Kier alpha value is -1.07. The van der Waals surface area contributed by atoms with E-state index in [4.69, 9.17) is 0 Å². The Morgan fingerprint density at radius 2 is 1.75 bits per heavy atom. The van der Waals surface area contributed by atoms with E-state index in [-0.39, 0.29) is 6.03 Å². The average molecular weight is 448 g/mol. The predicted octanol–water partition coefficient (Wildman–Crippen LogP) is 4.70. The molecule has 1 unspecified atom stereocenters. The molecule has 28 heavy (non-hydrogen) atoms. The molecule has 0 aromatic heterocycles. The van der Waals surface area contributed by atoms with E-state index in [1.54, 1.807) is 0 Å². The zero-order valence-electron chi connectivity index (χ0n) is 17.2. The highest BCUT2D eigenvalue weighted by molar-refractivity contribution is 9.10. The van der Waals surface area contributed by atoms with Gasteiger partial charge in [0, 0.05) is 42.7 Å². The number of hydrogen-bond donors (Lipinski definition) is 0. The van der Waals surface area contributed by atoms with Crippen molar-refractivity contribution in [2.24, 2.45) is 0 Å². The number of carbonyl (C=O) groups is 1. The van der Waals surface area contributed by atoms with Crippen LogP contribution in [0.2, 0.25) is 0 Å². The molecule has 4 nitrogen and oxygen atoms in total. The third-order valence-electron chi connectivity index (χ3n) is 6.90. The first-order chi connectivity index (χ1) is 13.7. The van der Waals surface area contributed by atoms with E-state index in [1.165, 1.54) is 60.7 Å². The predicted molar refractivity (Wildman–Crippen MR) is 118 cm³/mol. The summed E-state index contributed by atoms with van der Waals surface area (Å²) in [5, 5.41) is 0. The van der Waals surface area contributed by atoms with Crippen molar-refractivity contribution in [2.45, 2.75) is 70.4 Å². The highest BCUT2D eigenvalue weighted by atomic mass is 79.9. The summed E-state index contributed by atoms with van der Waals surface area (Å²) in [6, 6.07) is 8.35. The summed E-state index contributed by atoms with van der Waals surface area (Å²) >= 11 is 3.65. The summed E-state index contributed by atoms with van der Waals surface area (Å²) in [5.74, 6) is 0. The topological polar surface area (TPSA) is 26.8 Å². The lowest BCUT2D eigenvalue weighted by atomic mass is 9.86. The molecule has 0 saturated carbocycles. The second kappa shape index (κ2) is 9.17. The number of halogens is 1. The van der Waals surface area contributed by atoms with Crippen LogP contribution in [0.5, 0.6) is 0 Å². The van der Waals surface area contributed by atoms with Gasteiger partial charge in [0.15, 0.2) is 0 Å². The highest BCUT2D eigenvalue weighted by Crippen LogP contribution is 2.30. The fourth-order valence-corrected chi connectivity index (χ4v) is 5.82. The van der Waals surface area contributed by atoms with Crippen LogP contribution in [0.3, 0.4) is 0 Å². The van der Waals surface area contributed by atoms with Gasteiger partial charge in [-0.1, -0.05) is 28.9 Å². The number of urea groups is 1. The number of aryl methyl sites for hydroxylation is 1. The molecule has 1 aliphatic carbocycles. The van der Waals surface area contributed by atoms with Gasteiger partial charge in [-0.15, -0.1) is 0 Å². The Kier molecular flexibility index (Phi) is 6.62. The zero-order valence-corrected chi connectivity index (χ0v) is 18.8. The van der Waals surface area contributed by atoms with Crippen molar-refractivity contribution < 1.29 is 4.79 Å². The average Bonchev–Trinajstić information content (AvgIpc) is 3.26. The molecule has 0 spiro atoms. The standard InChI is InChI=1S/C23H34BrN3O/c1-2-11-27(22-8-6-18-5-7-20(24)16-19(18)17-22)21-9-14-26(15-10-21)23(28)25-12-3-4-13-25/h5,7,16,21-22H,2-4,6,8-15,17H2,1H3. The number of hydrogen-bond acceptors (Lipinski definition) is 2. The third kappa shape index (κ3) is 4.40. The van der Waals surface area contributed by atoms with Gasteiger partial charge in [0.05, 0.1) is 0 Å². The van der Waals surface area contributed by atoms with E-state index in [1.807, 2.05) is 0 Å². The van der Waals surface area contributed by atoms with Crippen LogP contribution in [0.15, 0.2) is 22.7 Å². The molecule has 1 aromatic rings. The van der Waals surface area contributed by atoms with Gasteiger partial charge >= 0.3 is 6.03 Å². The number of nitrogens with zero attached hydrogens (tertiary/aromatic N) is 3. The van der Waals surface area contributed by atoms with Gasteiger partial charge in [0.2, 0.25) is 0 Å². The van der Waals surface area contributed by atoms with E-state index in [0.717, 1.165) is 39.0 Å². The molecule has 4 rings (SSSR count). The fraction of sp³-hybridized carbons (Fsp3) is 0.696. The lowest BCUT2D eigenvalue weighted by Gasteiger charge is -2.44. The quantitative estimate of drug-likeness (QED) is 0.668. The lowest BCUT2D eigenvalue weighted by Crippen LogP contribution is -2.53. The van der Waals surface area contributed by atoms with Crippen molar-refractivity contribution in [3.63, 3.8) is 0 Å². The van der Waals surface area contributed by atoms with Crippen molar-refractivity contribution in [1.29, 1.82) is 0 Å². The Bertz CT molecular complexity index is 680. The maximum atomic E-state index is 12.7. The van der Waals surface area contributed by atoms with Crippen LogP contribution in [0.25, 0.3) is 0 Å². The molecule has 2 heterocycles. The van der Waals surface area contributed by atoms with Gasteiger partial charge in [0.25, 0.3) is 0 Å². The molecule has 2 fully saturated rings. The molecule has 1 atom stereocenters. The normalized spacial score (nSPS) is 23.3. The van der Waals surface area contributed by atoms with Crippen LogP contribution in [0, 0.1) is 0 Å². The Morgan fingerprint density at radius 3 is 2.46 bits per heavy atom. The van der Waals surface area contributed by atoms with Crippen molar-refractivity contribution in [3.8, 4) is 0 Å². The van der Waals surface area contributed by atoms with Gasteiger partial charge in [-0.2, -0.15) is 0 Å². The van der Waals surface area contributed by atoms with Gasteiger partial charge in [0.1, 0.15) is 0 Å². The van der Waals surface area contributed by atoms with Crippen LogP contribution in [0.4, 0.5) is 4.79 Å². The zero-order chi connectivity index (χ0) is 19.5. The van der Waals surface area contributed by atoms with Crippen molar-refractivity contribution in [1.82, 2.24) is 14.7 Å². The molecule has 0 bridgehead atoms. The van der Waals surface area contributed by atoms with Gasteiger partial charge in [-0.05, 0) is 81.2 Å². The van der Waals surface area contributed by atoms with Crippen molar-refractivity contribution in [3.05, 3.63) is 33.8 Å². The third-order valence-corrected chi connectivity index (χ3v) is 7.40. The first-order valence-electron chi connectivity index (χ1n) is 11.2. The Balaban J connectivity index is 1.38. The second-order valence-electron chi connectivity index (χ2n) is 8.74. The minimum atomic E-state index is 0.287. The molecule has 3 aliphatic rings.